The van der Waals surface area contributed by atoms with Crippen molar-refractivity contribution in [2.75, 3.05) is 88.6 Å². The highest BCUT2D eigenvalue weighted by Crippen LogP contribution is 2.43. The van der Waals surface area contributed by atoms with Crippen LogP contribution in [0.3, 0.4) is 0 Å². The maximum atomic E-state index is 13.9. The van der Waals surface area contributed by atoms with E-state index in [1.807, 2.05) is 73.3 Å². The fraction of sp³-hybridized carbons (Fsp3) is 0.481. The standard InChI is InChI=1S/C52H78N26O6/c53-49(54)61-13-1-17-75-29-39(65-69-75)33-81-25-21-73(22-26-82-34-40-30-76(70-66-40)18-2-14-62-50(55)56)43-9-5-37(6-10-43)45-47(79)46(48(45)80)38-7-11-44(12-8-38)74(23-27-83-35-41-31-77(71-67-41)19-3-15-63-51(57)58)24-28-84-36-42-32-78(72-68-42)20-4-16-64-52(59)60/h5-12,29-32,45,79H,1-4,13-28,33-36H2,(H4,53,54,61)(H4,55,56,62)(H4,57,58,63)(H4,59,60,64). The smallest absolute Gasteiger partial charge is 0.185 e. The van der Waals surface area contributed by atoms with Crippen molar-refractivity contribution in [3.63, 3.8) is 0 Å². The number of nitrogens with zero attached hydrogens (tertiary/aromatic N) is 18. The molecule has 32 nitrogen and oxygen atoms in total. The summed E-state index contributed by atoms with van der Waals surface area (Å²) in [6.07, 6.45) is 10.1. The molecule has 4 heterocycles. The maximum absolute atomic E-state index is 13.9. The summed E-state index contributed by atoms with van der Waals surface area (Å²) in [5.74, 6) is -0.782. The monoisotopic (exact) mass is 1160 g/mol. The molecule has 0 spiro atoms. The van der Waals surface area contributed by atoms with Gasteiger partial charge in [0.2, 0.25) is 0 Å². The van der Waals surface area contributed by atoms with Gasteiger partial charge in [-0.1, -0.05) is 45.1 Å². The summed E-state index contributed by atoms with van der Waals surface area (Å²) in [5, 5.41) is 45.2. The number of Topliss-reactive ketones (excluding diaryl/α,β-unsaturated/α-hetero) is 1. The molecule has 1 unspecified atom stereocenters. The molecule has 0 fully saturated rings. The number of hydrogen-bond donors (Lipinski definition) is 9. The minimum atomic E-state index is -0.808. The molecule has 0 radical (unpaired) electrons. The summed E-state index contributed by atoms with van der Waals surface area (Å²) in [5.41, 5.74) is 49.5. The Morgan fingerprint density at radius 1 is 0.464 bits per heavy atom. The topological polar surface area (TPSA) is 461 Å². The summed E-state index contributed by atoms with van der Waals surface area (Å²) in [6.45, 7) is 8.91. The number of hydrogen-bond acceptors (Lipinski definition) is 20. The zero-order valence-corrected chi connectivity index (χ0v) is 47.1. The largest absolute Gasteiger partial charge is 0.510 e. The number of carbonyl (C=O) groups excluding carboxylic acids is 1. The number of aromatic nitrogens is 12. The maximum Gasteiger partial charge on any atom is 0.185 e. The van der Waals surface area contributed by atoms with Crippen molar-refractivity contribution in [3.05, 3.63) is 113 Å². The second-order valence-corrected chi connectivity index (χ2v) is 19.4. The number of benzene rings is 2. The van der Waals surface area contributed by atoms with Crippen LogP contribution in [0.15, 0.2) is 99.0 Å². The molecular weight excluding hydrogens is 1080 g/mol. The predicted octanol–water partition coefficient (Wildman–Crippen LogP) is -1.18. The molecule has 0 bridgehead atoms. The van der Waals surface area contributed by atoms with Crippen LogP contribution < -0.4 is 55.7 Å². The molecule has 1 aliphatic rings. The Kier molecular flexibility index (Phi) is 24.5. The van der Waals surface area contributed by atoms with E-state index in [0.717, 1.165) is 11.4 Å². The van der Waals surface area contributed by atoms with E-state index in [0.29, 0.717) is 165 Å². The average molecular weight is 1160 g/mol. The lowest BCUT2D eigenvalue weighted by Gasteiger charge is -2.30. The molecule has 32 heteroatoms. The van der Waals surface area contributed by atoms with Crippen molar-refractivity contribution in [3.8, 4) is 0 Å². The van der Waals surface area contributed by atoms with Crippen LogP contribution in [0.5, 0.6) is 0 Å². The lowest BCUT2D eigenvalue weighted by Crippen LogP contribution is -2.31. The summed E-state index contributed by atoms with van der Waals surface area (Å²) in [4.78, 5) is 34.2. The van der Waals surface area contributed by atoms with E-state index in [4.69, 9.17) is 64.8 Å². The van der Waals surface area contributed by atoms with E-state index in [9.17, 15) is 9.90 Å². The number of aliphatic hydroxyl groups excluding tert-OH is 1. The van der Waals surface area contributed by atoms with Gasteiger partial charge in [-0.25, -0.2) is 0 Å². The van der Waals surface area contributed by atoms with Crippen LogP contribution in [-0.4, -0.2) is 173 Å². The summed E-state index contributed by atoms with van der Waals surface area (Å²) < 4.78 is 31.1. The molecule has 1 aliphatic carbocycles. The van der Waals surface area contributed by atoms with E-state index in [1.54, 1.807) is 18.7 Å². The van der Waals surface area contributed by atoms with Gasteiger partial charge in [-0.2, -0.15) is 0 Å². The van der Waals surface area contributed by atoms with E-state index in [-0.39, 0.29) is 67.4 Å². The molecule has 7 rings (SSSR count). The van der Waals surface area contributed by atoms with Crippen molar-refractivity contribution < 1.29 is 28.8 Å². The average Bonchev–Trinajstić information content (AvgIpc) is 2.17. The Balaban J connectivity index is 0.954. The normalized spacial score (nSPS) is 13.0. The lowest BCUT2D eigenvalue weighted by molar-refractivity contribution is -0.116. The fourth-order valence-electron chi connectivity index (χ4n) is 8.74. The SMILES string of the molecule is NC(N)=NCCCn1cc(COCCN(CCOCc2cn(CCCN=C(N)N)nn2)c2ccc(C3=C(O)C(c4ccc(N(CCOCc5cn(CCCN=C(N)N)nn5)CCOCc5cn(CCCN=C(N)N)nn5)cc4)C3=O)cc2)nn1. The number of guanidine groups is 4. The molecular formula is C52H78N26O6. The van der Waals surface area contributed by atoms with E-state index in [1.165, 1.54) is 0 Å². The van der Waals surface area contributed by atoms with Crippen molar-refractivity contribution in [1.82, 2.24) is 60.0 Å². The zero-order valence-electron chi connectivity index (χ0n) is 47.1. The highest BCUT2D eigenvalue weighted by molar-refractivity contribution is 6.32. The third-order valence-electron chi connectivity index (χ3n) is 12.9. The zero-order chi connectivity index (χ0) is 59.5. The van der Waals surface area contributed by atoms with Crippen LogP contribution in [0.4, 0.5) is 11.4 Å². The molecule has 4 aromatic heterocycles. The van der Waals surface area contributed by atoms with Crippen molar-refractivity contribution in [2.24, 2.45) is 65.8 Å². The molecule has 0 amide bonds. The molecule has 17 N–H and O–H groups in total. The number of aliphatic imine (C=N–C) groups is 4. The molecule has 1 atom stereocenters. The van der Waals surface area contributed by atoms with Gasteiger partial charge in [-0.3, -0.25) is 43.5 Å². The van der Waals surface area contributed by atoms with Gasteiger partial charge < -0.3 is 79.7 Å². The number of aliphatic hydroxyl groups is 1. The van der Waals surface area contributed by atoms with Crippen LogP contribution in [0.1, 0.15) is 65.5 Å². The Bertz CT molecular complexity index is 2950. The van der Waals surface area contributed by atoms with Gasteiger partial charge >= 0.3 is 0 Å². The number of carbonyl (C=O) groups is 1. The summed E-state index contributed by atoms with van der Waals surface area (Å²) in [7, 11) is 0. The molecule has 452 valence electrons. The van der Waals surface area contributed by atoms with Crippen molar-refractivity contribution in [1.29, 1.82) is 0 Å². The first kappa shape index (κ1) is 62.3. The van der Waals surface area contributed by atoms with Crippen LogP contribution in [-0.2, 0) is 76.3 Å². The van der Waals surface area contributed by atoms with Gasteiger partial charge in [-0.15, -0.1) is 20.4 Å². The number of anilines is 2. The van der Waals surface area contributed by atoms with E-state index >= 15 is 0 Å². The third kappa shape index (κ3) is 20.6. The number of allylic oxidation sites excluding steroid dienone is 2. The summed E-state index contributed by atoms with van der Waals surface area (Å²) >= 11 is 0. The second kappa shape index (κ2) is 33.0. The quantitative estimate of drug-likeness (QED) is 0.0124. The summed E-state index contributed by atoms with van der Waals surface area (Å²) in [6, 6.07) is 15.1. The van der Waals surface area contributed by atoms with E-state index < -0.39 is 5.92 Å². The van der Waals surface area contributed by atoms with Crippen LogP contribution in [0.25, 0.3) is 5.57 Å². The lowest BCUT2D eigenvalue weighted by atomic mass is 9.75. The minimum Gasteiger partial charge on any atom is -0.510 e. The van der Waals surface area contributed by atoms with Crippen LogP contribution in [0, 0.1) is 0 Å². The number of aryl methyl sites for hydroxylation is 4. The molecule has 0 saturated heterocycles. The van der Waals surface area contributed by atoms with Crippen LogP contribution >= 0.6 is 0 Å². The van der Waals surface area contributed by atoms with Gasteiger partial charge in [0, 0.05) is 89.9 Å². The van der Waals surface area contributed by atoms with Crippen LogP contribution in [0.2, 0.25) is 0 Å². The Labute approximate surface area is 485 Å². The van der Waals surface area contributed by atoms with E-state index in [2.05, 4.69) is 71.0 Å². The molecule has 6 aromatic rings. The molecule has 84 heavy (non-hydrogen) atoms. The first-order valence-corrected chi connectivity index (χ1v) is 27.5. The Morgan fingerprint density at radius 3 is 1.05 bits per heavy atom. The minimum absolute atomic E-state index is 0.00517. The molecule has 0 saturated carbocycles. The fourth-order valence-corrected chi connectivity index (χ4v) is 8.74. The van der Waals surface area contributed by atoms with Crippen molar-refractivity contribution >= 4 is 46.6 Å². The number of ether oxygens (including phenoxy) is 4. The van der Waals surface area contributed by atoms with Gasteiger partial charge in [0.05, 0.1) is 83.2 Å². The number of nitrogens with two attached hydrogens (primary N) is 8. The Morgan fingerprint density at radius 2 is 0.762 bits per heavy atom. The van der Waals surface area contributed by atoms with Gasteiger partial charge in [-0.05, 0) is 61.1 Å². The molecule has 0 aliphatic heterocycles. The second-order valence-electron chi connectivity index (χ2n) is 19.4. The van der Waals surface area contributed by atoms with Gasteiger partial charge in [0.25, 0.3) is 0 Å². The third-order valence-corrected chi connectivity index (χ3v) is 12.9. The first-order chi connectivity index (χ1) is 40.8. The number of ketones is 1. The van der Waals surface area contributed by atoms with Gasteiger partial charge in [0.1, 0.15) is 34.5 Å². The first-order valence-electron chi connectivity index (χ1n) is 27.5. The van der Waals surface area contributed by atoms with Gasteiger partial charge in [0.15, 0.2) is 29.6 Å². The predicted molar refractivity (Wildman–Crippen MR) is 314 cm³/mol. The highest BCUT2D eigenvalue weighted by atomic mass is 16.5. The molecule has 2 aromatic carbocycles. The highest BCUT2D eigenvalue weighted by Gasteiger charge is 2.41. The van der Waals surface area contributed by atoms with Crippen molar-refractivity contribution in [2.45, 2.75) is 84.2 Å². The Hall–Kier alpha value is -9.27. The number of rotatable bonds is 40.